The molecule has 0 bridgehead atoms. The van der Waals surface area contributed by atoms with Crippen molar-refractivity contribution in [2.75, 3.05) is 0 Å². The third-order valence-electron chi connectivity index (χ3n) is 0.933. The molecule has 0 fully saturated rings. The van der Waals surface area contributed by atoms with Crippen LogP contribution in [0.25, 0.3) is 0 Å². The first-order chi connectivity index (χ1) is 5.66. The molecule has 0 aromatic heterocycles. The summed E-state index contributed by atoms with van der Waals surface area (Å²) in [6, 6.07) is 0. The van der Waals surface area contributed by atoms with Crippen molar-refractivity contribution in [1.29, 1.82) is 0 Å². The van der Waals surface area contributed by atoms with Gasteiger partial charge in [-0.1, -0.05) is 60.2 Å². The number of allylic oxidation sites excluding steroid dienone is 4. The average molecular weight is 200 g/mol. The fourth-order valence-electron chi connectivity index (χ4n) is 0.460. The Morgan fingerprint density at radius 1 is 1.33 bits per heavy atom. The summed E-state index contributed by atoms with van der Waals surface area (Å²) in [6.45, 7) is 10.3. The molecule has 68 valence electrons. The van der Waals surface area contributed by atoms with Gasteiger partial charge in [-0.25, -0.2) is 0 Å². The van der Waals surface area contributed by atoms with Crippen LogP contribution in [-0.4, -0.2) is 5.25 Å². The largest absolute Gasteiger partial charge is 0.0877 e. The zero-order valence-corrected chi connectivity index (χ0v) is 9.54. The summed E-state index contributed by atoms with van der Waals surface area (Å²) in [5.41, 5.74) is 0. The Morgan fingerprint density at radius 3 is 2.50 bits per heavy atom. The summed E-state index contributed by atoms with van der Waals surface area (Å²) in [6.07, 6.45) is 8.05. The molecule has 0 rings (SSSR count). The van der Waals surface area contributed by atoms with E-state index < -0.39 is 0 Å². The minimum absolute atomic E-state index is 0.655. The fourth-order valence-corrected chi connectivity index (χ4v) is 2.02. The first-order valence-electron chi connectivity index (χ1n) is 3.98. The van der Waals surface area contributed by atoms with Crippen LogP contribution in [0.15, 0.2) is 35.8 Å². The van der Waals surface area contributed by atoms with Crippen LogP contribution < -0.4 is 0 Å². The molecule has 0 nitrogen and oxygen atoms in total. The highest BCUT2D eigenvalue weighted by Gasteiger charge is 1.94. The van der Waals surface area contributed by atoms with E-state index >= 15 is 0 Å². The maximum atomic E-state index is 3.92. The Bertz CT molecular complexity index is 178. The number of rotatable bonds is 5. The first-order valence-corrected chi connectivity index (χ1v) is 6.19. The molecule has 0 N–H and O–H groups in total. The molecule has 0 aromatic rings. The number of hydrogen-bond acceptors (Lipinski definition) is 2. The lowest BCUT2D eigenvalue weighted by molar-refractivity contribution is 1.12. The van der Waals surface area contributed by atoms with Crippen molar-refractivity contribution in [2.24, 2.45) is 0 Å². The van der Waals surface area contributed by atoms with Gasteiger partial charge in [-0.2, -0.15) is 0 Å². The molecular formula is C10H16S2. The lowest BCUT2D eigenvalue weighted by Crippen LogP contribution is -1.80. The van der Waals surface area contributed by atoms with Crippen LogP contribution in [0.2, 0.25) is 0 Å². The van der Waals surface area contributed by atoms with E-state index in [4.69, 9.17) is 0 Å². The van der Waals surface area contributed by atoms with Gasteiger partial charge in [0.25, 0.3) is 0 Å². The molecule has 0 radical (unpaired) electrons. The first kappa shape index (κ1) is 11.9. The summed E-state index contributed by atoms with van der Waals surface area (Å²) in [5, 5.41) is 0.655. The molecule has 0 unspecified atom stereocenters. The Balaban J connectivity index is 3.59. The average Bonchev–Trinajstić information content (AvgIpc) is 2.01. The van der Waals surface area contributed by atoms with E-state index in [-0.39, 0.29) is 0 Å². The van der Waals surface area contributed by atoms with Crippen molar-refractivity contribution >= 4 is 21.6 Å². The Hall–Kier alpha value is -0.0800. The van der Waals surface area contributed by atoms with Crippen molar-refractivity contribution in [3.8, 4) is 0 Å². The van der Waals surface area contributed by atoms with E-state index in [2.05, 4.69) is 20.4 Å². The molecule has 0 spiro atoms. The van der Waals surface area contributed by atoms with Crippen LogP contribution >= 0.6 is 21.6 Å². The van der Waals surface area contributed by atoms with Gasteiger partial charge in [0.15, 0.2) is 0 Å². The lowest BCUT2D eigenvalue weighted by atomic mass is 10.4. The molecule has 0 heterocycles. The van der Waals surface area contributed by atoms with Crippen LogP contribution in [0.3, 0.4) is 0 Å². The van der Waals surface area contributed by atoms with E-state index in [1.54, 1.807) is 10.8 Å². The zero-order valence-electron chi connectivity index (χ0n) is 7.91. The molecule has 0 saturated heterocycles. The molecule has 0 aliphatic heterocycles. The van der Waals surface area contributed by atoms with Crippen molar-refractivity contribution in [3.63, 3.8) is 0 Å². The second kappa shape index (κ2) is 7.56. The molecule has 2 heteroatoms. The van der Waals surface area contributed by atoms with E-state index in [1.165, 1.54) is 0 Å². The summed E-state index contributed by atoms with van der Waals surface area (Å²) in [5.74, 6) is 0. The van der Waals surface area contributed by atoms with Gasteiger partial charge in [0.1, 0.15) is 0 Å². The quantitative estimate of drug-likeness (QED) is 0.476. The van der Waals surface area contributed by atoms with Gasteiger partial charge in [0.2, 0.25) is 0 Å². The lowest BCUT2D eigenvalue weighted by Gasteiger charge is -2.01. The Labute approximate surface area is 83.6 Å². The summed E-state index contributed by atoms with van der Waals surface area (Å²) in [4.78, 5) is 1.10. The molecule has 0 aliphatic rings. The maximum absolute atomic E-state index is 3.92. The third kappa shape index (κ3) is 8.02. The molecular weight excluding hydrogens is 184 g/mol. The summed E-state index contributed by atoms with van der Waals surface area (Å²) in [7, 11) is 3.58. The minimum Gasteiger partial charge on any atom is -0.0877 e. The molecule has 0 amide bonds. The smallest absolute Gasteiger partial charge is 0.0111 e. The molecule has 12 heavy (non-hydrogen) atoms. The predicted molar refractivity (Wildman–Crippen MR) is 63.4 cm³/mol. The van der Waals surface area contributed by atoms with E-state index in [0.717, 1.165) is 4.91 Å². The minimum atomic E-state index is 0.655. The maximum Gasteiger partial charge on any atom is 0.0111 e. The molecule has 0 aromatic carbocycles. The normalized spacial score (nSPS) is 12.0. The third-order valence-corrected chi connectivity index (χ3v) is 3.85. The van der Waals surface area contributed by atoms with Gasteiger partial charge >= 0.3 is 0 Å². The molecule has 0 aliphatic carbocycles. The number of hydrogen-bond donors (Lipinski definition) is 0. The van der Waals surface area contributed by atoms with Crippen LogP contribution in [-0.2, 0) is 0 Å². The van der Waals surface area contributed by atoms with Crippen LogP contribution in [0.4, 0.5) is 0 Å². The zero-order chi connectivity index (χ0) is 9.40. The highest BCUT2D eigenvalue weighted by Crippen LogP contribution is 2.32. The Morgan fingerprint density at radius 2 is 2.00 bits per heavy atom. The predicted octanol–water partition coefficient (Wildman–Crippen LogP) is 4.42. The van der Waals surface area contributed by atoms with Gasteiger partial charge in [-0.15, -0.1) is 0 Å². The van der Waals surface area contributed by atoms with Crippen molar-refractivity contribution in [3.05, 3.63) is 35.8 Å². The Kier molecular flexibility index (Phi) is 7.51. The van der Waals surface area contributed by atoms with Gasteiger partial charge in [0, 0.05) is 10.2 Å². The highest BCUT2D eigenvalue weighted by atomic mass is 33.1. The summed E-state index contributed by atoms with van der Waals surface area (Å²) < 4.78 is 0. The van der Waals surface area contributed by atoms with Gasteiger partial charge in [-0.3, -0.25) is 0 Å². The second-order valence-electron chi connectivity index (χ2n) is 2.58. The van der Waals surface area contributed by atoms with E-state index in [1.807, 2.05) is 42.0 Å². The topological polar surface area (TPSA) is 0 Å². The van der Waals surface area contributed by atoms with Crippen LogP contribution in [0, 0.1) is 0 Å². The van der Waals surface area contributed by atoms with E-state index in [0.29, 0.717) is 5.25 Å². The molecule has 0 saturated carbocycles. The fraction of sp³-hybridized carbons (Fsp3) is 0.400. The monoisotopic (exact) mass is 200 g/mol. The van der Waals surface area contributed by atoms with Gasteiger partial charge in [0.05, 0.1) is 0 Å². The van der Waals surface area contributed by atoms with Crippen LogP contribution in [0.5, 0.6) is 0 Å². The van der Waals surface area contributed by atoms with Crippen molar-refractivity contribution < 1.29 is 0 Å². The SMILES string of the molecule is C=C(/C=C\C=C/C)SSC(C)C. The highest BCUT2D eigenvalue weighted by molar-refractivity contribution is 8.78. The summed E-state index contributed by atoms with van der Waals surface area (Å²) >= 11 is 0. The van der Waals surface area contributed by atoms with Gasteiger partial charge in [-0.05, 0) is 13.0 Å². The van der Waals surface area contributed by atoms with Gasteiger partial charge < -0.3 is 0 Å². The van der Waals surface area contributed by atoms with Crippen molar-refractivity contribution in [1.82, 2.24) is 0 Å². The van der Waals surface area contributed by atoms with Crippen LogP contribution in [0.1, 0.15) is 20.8 Å². The second-order valence-corrected chi connectivity index (χ2v) is 5.48. The molecule has 0 atom stereocenters. The van der Waals surface area contributed by atoms with Crippen molar-refractivity contribution in [2.45, 2.75) is 26.0 Å². The standard InChI is InChI=1S/C10H16S2/c1-5-6-7-8-10(4)12-11-9(2)3/h5-9H,4H2,1-3H3/b6-5-,8-7-. The van der Waals surface area contributed by atoms with E-state index in [9.17, 15) is 0 Å².